The molecule has 9 heteroatoms. The molecule has 0 saturated heterocycles. The van der Waals surface area contributed by atoms with E-state index in [-0.39, 0.29) is 18.8 Å². The molecule has 0 amide bonds. The van der Waals surface area contributed by atoms with E-state index in [1.54, 1.807) is 37.3 Å². The normalized spacial score (nSPS) is 12.3. The fourth-order valence-corrected chi connectivity index (χ4v) is 3.24. The Hall–Kier alpha value is -1.16. The van der Waals surface area contributed by atoms with Gasteiger partial charge in [0.25, 0.3) is 10.2 Å². The maximum absolute atomic E-state index is 11.7. The second-order valence-electron chi connectivity index (χ2n) is 3.68. The number of rotatable bonds is 8. The zero-order valence-electron chi connectivity index (χ0n) is 10.5. The molecule has 0 aliphatic rings. The third kappa shape index (κ3) is 6.53. The van der Waals surface area contributed by atoms with Crippen LogP contribution < -0.4 is 14.2 Å². The van der Waals surface area contributed by atoms with Crippen molar-refractivity contribution >= 4 is 25.9 Å². The largest absolute Gasteiger partial charge is 0.284 e. The lowest BCUT2D eigenvalue weighted by molar-refractivity contribution is 0.570. The molecule has 0 unspecified atom stereocenters. The first kappa shape index (κ1) is 15.9. The Kier molecular flexibility index (Phi) is 5.73. The van der Waals surface area contributed by atoms with Gasteiger partial charge in [0.05, 0.1) is 5.75 Å². The maximum atomic E-state index is 11.7. The SMILES string of the molecule is CCNS(=O)(=O)NCCS(=O)(=O)Nc1ccccc1. The van der Waals surface area contributed by atoms with Crippen molar-refractivity contribution in [3.05, 3.63) is 30.3 Å². The number of anilines is 1. The number of hydrogen-bond acceptors (Lipinski definition) is 4. The zero-order chi connectivity index (χ0) is 14.4. The van der Waals surface area contributed by atoms with Crippen molar-refractivity contribution in [1.29, 1.82) is 0 Å². The molecule has 0 radical (unpaired) electrons. The first-order valence-corrected chi connectivity index (χ1v) is 8.78. The second kappa shape index (κ2) is 6.85. The predicted octanol–water partition coefficient (Wildman–Crippen LogP) is -0.128. The Bertz CT molecular complexity index is 584. The standard InChI is InChI=1S/C10H17N3O4S2/c1-2-11-19(16,17)12-8-9-18(14,15)13-10-6-4-3-5-7-10/h3-7,11-13H,2,8-9H2,1H3. The van der Waals surface area contributed by atoms with Crippen molar-refractivity contribution in [2.75, 3.05) is 23.6 Å². The second-order valence-corrected chi connectivity index (χ2v) is 7.11. The van der Waals surface area contributed by atoms with Crippen LogP contribution in [0.4, 0.5) is 5.69 Å². The smallest absolute Gasteiger partial charge is 0.276 e. The summed E-state index contributed by atoms with van der Waals surface area (Å²) >= 11 is 0. The van der Waals surface area contributed by atoms with Gasteiger partial charge in [-0.3, -0.25) is 4.72 Å². The van der Waals surface area contributed by atoms with Gasteiger partial charge >= 0.3 is 0 Å². The minimum absolute atomic E-state index is 0.197. The minimum atomic E-state index is -3.62. The zero-order valence-corrected chi connectivity index (χ0v) is 12.1. The summed E-state index contributed by atoms with van der Waals surface area (Å²) in [7, 11) is -7.20. The summed E-state index contributed by atoms with van der Waals surface area (Å²) in [6.45, 7) is 1.68. The van der Waals surface area contributed by atoms with Gasteiger partial charge in [-0.25, -0.2) is 17.9 Å². The van der Waals surface area contributed by atoms with Gasteiger partial charge in [0.15, 0.2) is 0 Å². The van der Waals surface area contributed by atoms with E-state index in [0.29, 0.717) is 5.69 Å². The van der Waals surface area contributed by atoms with Crippen LogP contribution in [-0.4, -0.2) is 35.7 Å². The monoisotopic (exact) mass is 307 g/mol. The van der Waals surface area contributed by atoms with Crippen LogP contribution in [0.5, 0.6) is 0 Å². The number of nitrogens with one attached hydrogen (secondary N) is 3. The molecule has 0 aromatic heterocycles. The van der Waals surface area contributed by atoms with Crippen LogP contribution in [0.15, 0.2) is 30.3 Å². The summed E-state index contributed by atoms with van der Waals surface area (Å²) in [6.07, 6.45) is 0. The van der Waals surface area contributed by atoms with Gasteiger partial charge < -0.3 is 0 Å². The lowest BCUT2D eigenvalue weighted by Gasteiger charge is -2.09. The van der Waals surface area contributed by atoms with Gasteiger partial charge in [0, 0.05) is 18.8 Å². The first-order chi connectivity index (χ1) is 8.85. The highest BCUT2D eigenvalue weighted by atomic mass is 32.2. The summed E-state index contributed by atoms with van der Waals surface area (Å²) in [5.74, 6) is -0.341. The fraction of sp³-hybridized carbons (Fsp3) is 0.400. The van der Waals surface area contributed by atoms with E-state index < -0.39 is 20.2 Å². The highest BCUT2D eigenvalue weighted by Crippen LogP contribution is 2.07. The van der Waals surface area contributed by atoms with Gasteiger partial charge in [0.2, 0.25) is 10.0 Å². The van der Waals surface area contributed by atoms with Gasteiger partial charge in [-0.1, -0.05) is 25.1 Å². The Balaban J connectivity index is 2.48. The highest BCUT2D eigenvalue weighted by Gasteiger charge is 2.13. The van der Waals surface area contributed by atoms with Crippen molar-refractivity contribution in [2.24, 2.45) is 0 Å². The number of sulfonamides is 1. The molecule has 19 heavy (non-hydrogen) atoms. The van der Waals surface area contributed by atoms with E-state index in [0.717, 1.165) is 0 Å². The molecule has 1 aromatic carbocycles. The molecule has 7 nitrogen and oxygen atoms in total. The first-order valence-electron chi connectivity index (χ1n) is 5.64. The predicted molar refractivity (Wildman–Crippen MR) is 74.5 cm³/mol. The Morgan fingerprint density at radius 3 is 2.21 bits per heavy atom. The molecule has 3 N–H and O–H groups in total. The molecule has 1 rings (SSSR count). The van der Waals surface area contributed by atoms with Crippen molar-refractivity contribution < 1.29 is 16.8 Å². The van der Waals surface area contributed by atoms with Crippen molar-refractivity contribution in [3.63, 3.8) is 0 Å². The molecular weight excluding hydrogens is 290 g/mol. The molecule has 0 spiro atoms. The maximum Gasteiger partial charge on any atom is 0.276 e. The van der Waals surface area contributed by atoms with Crippen molar-refractivity contribution in [2.45, 2.75) is 6.92 Å². The molecule has 0 heterocycles. The average molecular weight is 307 g/mol. The Morgan fingerprint density at radius 1 is 1.00 bits per heavy atom. The summed E-state index contributed by atoms with van der Waals surface area (Å²) in [6, 6.07) is 8.39. The van der Waals surface area contributed by atoms with E-state index >= 15 is 0 Å². The summed E-state index contributed by atoms with van der Waals surface area (Å²) in [5, 5.41) is 0. The van der Waals surface area contributed by atoms with Crippen molar-refractivity contribution in [1.82, 2.24) is 9.44 Å². The van der Waals surface area contributed by atoms with Crippen LogP contribution >= 0.6 is 0 Å². The average Bonchev–Trinajstić information content (AvgIpc) is 2.28. The topological polar surface area (TPSA) is 104 Å². The van der Waals surface area contributed by atoms with Crippen molar-refractivity contribution in [3.8, 4) is 0 Å². The summed E-state index contributed by atoms with van der Waals surface area (Å²) in [4.78, 5) is 0. The van der Waals surface area contributed by atoms with E-state index in [9.17, 15) is 16.8 Å². The van der Waals surface area contributed by atoms with E-state index in [4.69, 9.17) is 0 Å². The Morgan fingerprint density at radius 2 is 1.63 bits per heavy atom. The van der Waals surface area contributed by atoms with E-state index in [1.165, 1.54) is 0 Å². The molecule has 0 fully saturated rings. The van der Waals surface area contributed by atoms with Crippen LogP contribution in [0, 0.1) is 0 Å². The molecule has 108 valence electrons. The van der Waals surface area contributed by atoms with Crippen LogP contribution in [-0.2, 0) is 20.2 Å². The molecule has 0 bridgehead atoms. The molecule has 0 aliphatic heterocycles. The molecule has 0 aliphatic carbocycles. The Labute approximate surface area is 113 Å². The lowest BCUT2D eigenvalue weighted by atomic mass is 10.3. The molecule has 0 atom stereocenters. The quantitative estimate of drug-likeness (QED) is 0.622. The van der Waals surface area contributed by atoms with Crippen LogP contribution in [0.3, 0.4) is 0 Å². The third-order valence-electron chi connectivity index (χ3n) is 2.04. The lowest BCUT2D eigenvalue weighted by Crippen LogP contribution is -2.39. The number of hydrogen-bond donors (Lipinski definition) is 3. The summed E-state index contributed by atoms with van der Waals surface area (Å²) in [5.41, 5.74) is 0.442. The third-order valence-corrected chi connectivity index (χ3v) is 4.59. The van der Waals surface area contributed by atoms with Gasteiger partial charge in [0.1, 0.15) is 0 Å². The van der Waals surface area contributed by atoms with Gasteiger partial charge in [-0.15, -0.1) is 0 Å². The minimum Gasteiger partial charge on any atom is -0.284 e. The van der Waals surface area contributed by atoms with Crippen LogP contribution in [0.2, 0.25) is 0 Å². The van der Waals surface area contributed by atoms with E-state index in [2.05, 4.69) is 14.2 Å². The molecular formula is C10H17N3O4S2. The highest BCUT2D eigenvalue weighted by molar-refractivity contribution is 7.92. The number of benzene rings is 1. The van der Waals surface area contributed by atoms with E-state index in [1.807, 2.05) is 0 Å². The molecule has 1 aromatic rings. The van der Waals surface area contributed by atoms with Gasteiger partial charge in [-0.2, -0.15) is 8.42 Å². The number of para-hydroxylation sites is 1. The van der Waals surface area contributed by atoms with Crippen LogP contribution in [0.1, 0.15) is 6.92 Å². The molecule has 0 saturated carbocycles. The van der Waals surface area contributed by atoms with Gasteiger partial charge in [-0.05, 0) is 12.1 Å². The summed E-state index contributed by atoms with van der Waals surface area (Å²) < 4.78 is 52.5. The fourth-order valence-electron chi connectivity index (χ4n) is 1.29. The van der Waals surface area contributed by atoms with Crippen LogP contribution in [0.25, 0.3) is 0 Å².